The maximum absolute atomic E-state index is 13.1. The van der Waals surface area contributed by atoms with Gasteiger partial charge in [0.05, 0.1) is 11.1 Å². The molecule has 0 aromatic heterocycles. The summed E-state index contributed by atoms with van der Waals surface area (Å²) in [6.45, 7) is 24.7. The van der Waals surface area contributed by atoms with Gasteiger partial charge >= 0.3 is 11.9 Å². The molecule has 2 aromatic rings. The van der Waals surface area contributed by atoms with E-state index in [2.05, 4.69) is 41.5 Å². The molecule has 4 heteroatoms. The number of carbonyl (C=O) groups excluding carboxylic acids is 2. The van der Waals surface area contributed by atoms with Crippen molar-refractivity contribution in [1.29, 1.82) is 0 Å². The highest BCUT2D eigenvalue weighted by atomic mass is 17.2. The second-order valence-electron chi connectivity index (χ2n) is 13.3. The molecule has 186 valence electrons. The molecule has 0 N–H and O–H groups in total. The predicted molar refractivity (Wildman–Crippen MR) is 139 cm³/mol. The smallest absolute Gasteiger partial charge is 0.241 e. The van der Waals surface area contributed by atoms with E-state index in [1.807, 2.05) is 77.9 Å². The average Bonchev–Trinajstić information content (AvgIpc) is 2.68. The molecule has 0 heterocycles. The minimum atomic E-state index is -0.673. The molecule has 0 amide bonds. The van der Waals surface area contributed by atoms with Crippen LogP contribution in [0.2, 0.25) is 0 Å². The molecule has 0 bridgehead atoms. The van der Waals surface area contributed by atoms with Crippen molar-refractivity contribution in [3.8, 4) is 0 Å². The summed E-state index contributed by atoms with van der Waals surface area (Å²) < 4.78 is 0. The molecule has 2 aromatic carbocycles. The molecule has 0 aliphatic heterocycles. The van der Waals surface area contributed by atoms with Gasteiger partial charge in [-0.1, -0.05) is 107 Å². The summed E-state index contributed by atoms with van der Waals surface area (Å²) in [5, 5.41) is 0. The van der Waals surface area contributed by atoms with Crippen molar-refractivity contribution in [1.82, 2.24) is 0 Å². The van der Waals surface area contributed by atoms with Gasteiger partial charge < -0.3 is 0 Å². The monoisotopic (exact) mass is 466 g/mol. The van der Waals surface area contributed by atoms with Gasteiger partial charge in [-0.3, -0.25) is 0 Å². The zero-order valence-corrected chi connectivity index (χ0v) is 23.1. The Morgan fingerprint density at radius 1 is 0.500 bits per heavy atom. The largest absolute Gasteiger partial charge is 0.386 e. The number of hydrogen-bond donors (Lipinski definition) is 0. The van der Waals surface area contributed by atoms with Crippen LogP contribution in [0.5, 0.6) is 0 Å². The highest BCUT2D eigenvalue weighted by Gasteiger charge is 2.29. The molecule has 0 spiro atoms. The number of rotatable bonds is 2. The van der Waals surface area contributed by atoms with E-state index >= 15 is 0 Å². The maximum Gasteiger partial charge on any atom is 0.386 e. The molecule has 0 saturated heterocycles. The van der Waals surface area contributed by atoms with Gasteiger partial charge in [0, 0.05) is 0 Å². The first-order valence-corrected chi connectivity index (χ1v) is 12.0. The van der Waals surface area contributed by atoms with Crippen LogP contribution >= 0.6 is 0 Å². The molecular weight excluding hydrogens is 424 g/mol. The fraction of sp³-hybridized carbons (Fsp3) is 0.533. The van der Waals surface area contributed by atoms with Crippen LogP contribution in [-0.4, -0.2) is 11.9 Å². The Kier molecular flexibility index (Phi) is 7.48. The molecule has 0 saturated carbocycles. The summed E-state index contributed by atoms with van der Waals surface area (Å²) in [5.41, 5.74) is 3.66. The lowest BCUT2D eigenvalue weighted by atomic mass is 9.79. The highest BCUT2D eigenvalue weighted by Crippen LogP contribution is 2.33. The van der Waals surface area contributed by atoms with Gasteiger partial charge in [0.25, 0.3) is 0 Å². The summed E-state index contributed by atoms with van der Waals surface area (Å²) >= 11 is 0. The molecule has 0 radical (unpaired) electrons. The molecular formula is C30H42O4. The van der Waals surface area contributed by atoms with Gasteiger partial charge in [0.2, 0.25) is 0 Å². The molecule has 0 aliphatic carbocycles. The van der Waals surface area contributed by atoms with E-state index in [9.17, 15) is 9.59 Å². The number of carbonyl (C=O) groups is 2. The van der Waals surface area contributed by atoms with E-state index in [0.29, 0.717) is 11.1 Å². The first-order chi connectivity index (χ1) is 15.2. The fourth-order valence-electron chi connectivity index (χ4n) is 3.83. The van der Waals surface area contributed by atoms with Crippen molar-refractivity contribution < 1.29 is 19.4 Å². The minimum Gasteiger partial charge on any atom is -0.241 e. The third kappa shape index (κ3) is 6.49. The molecule has 34 heavy (non-hydrogen) atoms. The van der Waals surface area contributed by atoms with Crippen LogP contribution in [-0.2, 0) is 31.4 Å². The third-order valence-electron chi connectivity index (χ3n) is 6.02. The van der Waals surface area contributed by atoms with Gasteiger partial charge in [0.1, 0.15) is 0 Å². The summed E-state index contributed by atoms with van der Waals surface area (Å²) in [7, 11) is 0. The Morgan fingerprint density at radius 3 is 1.03 bits per heavy atom. The van der Waals surface area contributed by atoms with Crippen LogP contribution in [0.25, 0.3) is 0 Å². The number of benzene rings is 2. The van der Waals surface area contributed by atoms with E-state index < -0.39 is 11.9 Å². The van der Waals surface area contributed by atoms with Gasteiger partial charge in [-0.2, -0.15) is 0 Å². The Balaban J connectivity index is 2.42. The van der Waals surface area contributed by atoms with Crippen molar-refractivity contribution in [2.24, 2.45) is 0 Å². The topological polar surface area (TPSA) is 52.6 Å². The van der Waals surface area contributed by atoms with E-state index in [4.69, 9.17) is 9.78 Å². The summed E-state index contributed by atoms with van der Waals surface area (Å²) in [4.78, 5) is 36.6. The molecule has 0 fully saturated rings. The minimum absolute atomic E-state index is 0.142. The van der Waals surface area contributed by atoms with Crippen molar-refractivity contribution >= 4 is 11.9 Å². The highest BCUT2D eigenvalue weighted by molar-refractivity contribution is 5.94. The second-order valence-corrected chi connectivity index (χ2v) is 13.3. The Hall–Kier alpha value is -2.62. The zero-order valence-electron chi connectivity index (χ0n) is 23.1. The van der Waals surface area contributed by atoms with Gasteiger partial charge in [0.15, 0.2) is 0 Å². The quantitative estimate of drug-likeness (QED) is 0.334. The van der Waals surface area contributed by atoms with E-state index in [1.54, 1.807) is 0 Å². The van der Waals surface area contributed by atoms with Crippen molar-refractivity contribution in [3.63, 3.8) is 0 Å². The predicted octanol–water partition coefficient (Wildman–Crippen LogP) is 7.81. The van der Waals surface area contributed by atoms with E-state index in [1.165, 1.54) is 0 Å². The second kappa shape index (κ2) is 9.20. The van der Waals surface area contributed by atoms with Crippen molar-refractivity contribution in [3.05, 3.63) is 69.8 Å². The number of hydrogen-bond acceptors (Lipinski definition) is 4. The van der Waals surface area contributed by atoms with Gasteiger partial charge in [-0.25, -0.2) is 19.4 Å². The van der Waals surface area contributed by atoms with Gasteiger partial charge in [-0.05, 0) is 56.0 Å². The normalized spacial score (nSPS) is 12.9. The Labute approximate surface area is 206 Å². The zero-order chi connectivity index (χ0) is 26.3. The summed E-state index contributed by atoms with van der Waals surface area (Å²) in [5.74, 6) is -1.35. The van der Waals surface area contributed by atoms with Gasteiger partial charge in [-0.15, -0.1) is 0 Å². The van der Waals surface area contributed by atoms with Crippen LogP contribution in [0.15, 0.2) is 36.4 Å². The standard InChI is InChI=1S/C30H42O4/c1-27(2,3)19-13-15-23(29(7,8)9)21(17-19)25(31)33-34-26(32)22-18-20(28(4,5)6)14-16-24(22)30(10,11)12/h13-18H,1-12H3. The Morgan fingerprint density at radius 2 is 0.794 bits per heavy atom. The molecule has 4 nitrogen and oxygen atoms in total. The molecule has 0 aliphatic rings. The maximum atomic E-state index is 13.1. The molecule has 0 atom stereocenters. The SMILES string of the molecule is CC(C)(C)c1ccc(C(C)(C)C)c(C(=O)OOC(=O)c2cc(C(C)(C)C)ccc2C(C)(C)C)c1. The molecule has 2 rings (SSSR count). The lowest BCUT2D eigenvalue weighted by Crippen LogP contribution is -2.23. The summed E-state index contributed by atoms with van der Waals surface area (Å²) in [6.07, 6.45) is 0. The van der Waals surface area contributed by atoms with E-state index in [-0.39, 0.29) is 21.7 Å². The average molecular weight is 467 g/mol. The van der Waals surface area contributed by atoms with Crippen LogP contribution in [0.3, 0.4) is 0 Å². The lowest BCUT2D eigenvalue weighted by Gasteiger charge is -2.26. The molecule has 0 unspecified atom stereocenters. The van der Waals surface area contributed by atoms with Crippen LogP contribution in [0.1, 0.15) is 126 Å². The lowest BCUT2D eigenvalue weighted by molar-refractivity contribution is -0.187. The Bertz CT molecular complexity index is 977. The first-order valence-electron chi connectivity index (χ1n) is 12.0. The van der Waals surface area contributed by atoms with Crippen LogP contribution < -0.4 is 0 Å². The third-order valence-corrected chi connectivity index (χ3v) is 6.02. The first kappa shape index (κ1) is 27.6. The fourth-order valence-corrected chi connectivity index (χ4v) is 3.83. The summed E-state index contributed by atoms with van der Waals surface area (Å²) in [6, 6.07) is 11.7. The van der Waals surface area contributed by atoms with Crippen LogP contribution in [0.4, 0.5) is 0 Å². The van der Waals surface area contributed by atoms with Crippen molar-refractivity contribution in [2.45, 2.75) is 105 Å². The van der Waals surface area contributed by atoms with E-state index in [0.717, 1.165) is 22.3 Å². The van der Waals surface area contributed by atoms with Crippen LogP contribution in [0, 0.1) is 0 Å². The van der Waals surface area contributed by atoms with Crippen molar-refractivity contribution in [2.75, 3.05) is 0 Å².